The molecule has 1 heterocycles. The fourth-order valence-electron chi connectivity index (χ4n) is 2.02. The van der Waals surface area contributed by atoms with Crippen LogP contribution in [0.5, 0.6) is 0 Å². The summed E-state index contributed by atoms with van der Waals surface area (Å²) in [6, 6.07) is 0. The van der Waals surface area contributed by atoms with Gasteiger partial charge in [0, 0.05) is 19.6 Å². The van der Waals surface area contributed by atoms with E-state index in [-0.39, 0.29) is 18.4 Å². The van der Waals surface area contributed by atoms with Crippen LogP contribution in [0.15, 0.2) is 0 Å². The van der Waals surface area contributed by atoms with Crippen molar-refractivity contribution >= 4 is 11.8 Å². The summed E-state index contributed by atoms with van der Waals surface area (Å²) < 4.78 is 0. The SMILES string of the molecule is CCC(C)(CN)C(=O)NCC(=O)N1CCCCC1. The van der Waals surface area contributed by atoms with Gasteiger partial charge in [0.05, 0.1) is 12.0 Å². The van der Waals surface area contributed by atoms with Crippen molar-refractivity contribution in [2.75, 3.05) is 26.2 Å². The summed E-state index contributed by atoms with van der Waals surface area (Å²) in [6.07, 6.45) is 3.99. The van der Waals surface area contributed by atoms with Crippen molar-refractivity contribution < 1.29 is 9.59 Å². The zero-order valence-corrected chi connectivity index (χ0v) is 11.5. The maximum Gasteiger partial charge on any atom is 0.241 e. The fraction of sp³-hybridized carbons (Fsp3) is 0.846. The average molecular weight is 255 g/mol. The van der Waals surface area contributed by atoms with Crippen LogP contribution in [-0.2, 0) is 9.59 Å². The van der Waals surface area contributed by atoms with Crippen LogP contribution in [0.1, 0.15) is 39.5 Å². The molecule has 1 fully saturated rings. The first-order valence-electron chi connectivity index (χ1n) is 6.79. The molecule has 1 unspecified atom stereocenters. The number of carbonyl (C=O) groups is 2. The molecule has 1 atom stereocenters. The Morgan fingerprint density at radius 1 is 1.28 bits per heavy atom. The average Bonchev–Trinajstić information content (AvgIpc) is 2.44. The first-order chi connectivity index (χ1) is 8.53. The summed E-state index contributed by atoms with van der Waals surface area (Å²) in [7, 11) is 0. The van der Waals surface area contributed by atoms with Crippen molar-refractivity contribution in [3.8, 4) is 0 Å². The van der Waals surface area contributed by atoms with Gasteiger partial charge in [0.2, 0.25) is 11.8 Å². The Morgan fingerprint density at radius 3 is 2.39 bits per heavy atom. The second-order valence-corrected chi connectivity index (χ2v) is 5.24. The van der Waals surface area contributed by atoms with E-state index in [1.165, 1.54) is 6.42 Å². The van der Waals surface area contributed by atoms with Gasteiger partial charge in [-0.3, -0.25) is 9.59 Å². The van der Waals surface area contributed by atoms with Gasteiger partial charge in [0.25, 0.3) is 0 Å². The van der Waals surface area contributed by atoms with E-state index in [4.69, 9.17) is 5.73 Å². The lowest BCUT2D eigenvalue weighted by Gasteiger charge is -2.28. The van der Waals surface area contributed by atoms with Crippen LogP contribution >= 0.6 is 0 Å². The third-order valence-corrected chi connectivity index (χ3v) is 3.89. The highest BCUT2D eigenvalue weighted by molar-refractivity contribution is 5.87. The number of piperidine rings is 1. The van der Waals surface area contributed by atoms with Gasteiger partial charge in [-0.05, 0) is 32.6 Å². The zero-order valence-electron chi connectivity index (χ0n) is 11.5. The molecule has 104 valence electrons. The lowest BCUT2D eigenvalue weighted by Crippen LogP contribution is -2.48. The molecule has 1 saturated heterocycles. The Bertz CT molecular complexity index is 295. The quantitative estimate of drug-likeness (QED) is 0.750. The minimum Gasteiger partial charge on any atom is -0.347 e. The van der Waals surface area contributed by atoms with Crippen molar-refractivity contribution in [1.29, 1.82) is 0 Å². The summed E-state index contributed by atoms with van der Waals surface area (Å²) >= 11 is 0. The maximum atomic E-state index is 12.0. The normalized spacial score (nSPS) is 19.2. The van der Waals surface area contributed by atoms with E-state index in [1.807, 2.05) is 18.7 Å². The highest BCUT2D eigenvalue weighted by atomic mass is 16.2. The lowest BCUT2D eigenvalue weighted by molar-refractivity contribution is -0.136. The number of likely N-dealkylation sites (tertiary alicyclic amines) is 1. The number of nitrogens with one attached hydrogen (secondary N) is 1. The molecule has 0 spiro atoms. The van der Waals surface area contributed by atoms with E-state index < -0.39 is 5.41 Å². The Morgan fingerprint density at radius 2 is 1.89 bits per heavy atom. The molecule has 5 heteroatoms. The van der Waals surface area contributed by atoms with Gasteiger partial charge < -0.3 is 16.0 Å². The molecule has 18 heavy (non-hydrogen) atoms. The summed E-state index contributed by atoms with van der Waals surface area (Å²) in [6.45, 7) is 5.78. The number of carbonyl (C=O) groups excluding carboxylic acids is 2. The Kier molecular flexibility index (Phi) is 5.59. The van der Waals surface area contributed by atoms with Crippen molar-refractivity contribution in [2.24, 2.45) is 11.1 Å². The van der Waals surface area contributed by atoms with E-state index in [9.17, 15) is 9.59 Å². The monoisotopic (exact) mass is 255 g/mol. The zero-order chi connectivity index (χ0) is 13.6. The predicted molar refractivity (Wildman–Crippen MR) is 70.9 cm³/mol. The van der Waals surface area contributed by atoms with Gasteiger partial charge in [0.15, 0.2) is 0 Å². The number of rotatable bonds is 5. The first-order valence-corrected chi connectivity index (χ1v) is 6.79. The molecule has 1 aliphatic heterocycles. The van der Waals surface area contributed by atoms with Crippen LogP contribution in [0, 0.1) is 5.41 Å². The molecule has 1 rings (SSSR count). The molecule has 0 radical (unpaired) electrons. The summed E-state index contributed by atoms with van der Waals surface area (Å²) in [5.41, 5.74) is 5.04. The minimum absolute atomic E-state index is 0.0125. The Hall–Kier alpha value is -1.10. The molecule has 1 aliphatic rings. The van der Waals surface area contributed by atoms with Crippen LogP contribution < -0.4 is 11.1 Å². The van der Waals surface area contributed by atoms with Crippen LogP contribution in [0.2, 0.25) is 0 Å². The Balaban J connectivity index is 2.39. The van der Waals surface area contributed by atoms with E-state index >= 15 is 0 Å². The molecule has 2 amide bonds. The van der Waals surface area contributed by atoms with Gasteiger partial charge >= 0.3 is 0 Å². The molecular weight excluding hydrogens is 230 g/mol. The number of nitrogens with two attached hydrogens (primary N) is 1. The molecule has 0 aromatic heterocycles. The second kappa shape index (κ2) is 6.73. The smallest absolute Gasteiger partial charge is 0.241 e. The van der Waals surface area contributed by atoms with Gasteiger partial charge in [-0.25, -0.2) is 0 Å². The van der Waals surface area contributed by atoms with Crippen LogP contribution in [0.3, 0.4) is 0 Å². The molecule has 0 bridgehead atoms. The van der Waals surface area contributed by atoms with Crippen molar-refractivity contribution in [3.63, 3.8) is 0 Å². The topological polar surface area (TPSA) is 75.4 Å². The predicted octanol–water partition coefficient (Wildman–Crippen LogP) is 0.490. The molecule has 5 nitrogen and oxygen atoms in total. The number of amides is 2. The molecule has 0 aromatic rings. The highest BCUT2D eigenvalue weighted by Gasteiger charge is 2.30. The summed E-state index contributed by atoms with van der Waals surface area (Å²) in [4.78, 5) is 25.7. The third-order valence-electron chi connectivity index (χ3n) is 3.89. The summed E-state index contributed by atoms with van der Waals surface area (Å²) in [5, 5.41) is 2.71. The van der Waals surface area contributed by atoms with Gasteiger partial charge in [-0.15, -0.1) is 0 Å². The molecule has 0 aromatic carbocycles. The van der Waals surface area contributed by atoms with Crippen molar-refractivity contribution in [2.45, 2.75) is 39.5 Å². The summed E-state index contributed by atoms with van der Waals surface area (Å²) in [5.74, 6) is -0.114. The maximum absolute atomic E-state index is 12.0. The minimum atomic E-state index is -0.567. The molecular formula is C13H25N3O2. The standard InChI is InChI=1S/C13H25N3O2/c1-3-13(2,10-14)12(18)15-9-11(17)16-7-5-4-6-8-16/h3-10,14H2,1-2H3,(H,15,18). The van der Waals surface area contributed by atoms with Crippen molar-refractivity contribution in [3.05, 3.63) is 0 Å². The van der Waals surface area contributed by atoms with Crippen LogP contribution in [-0.4, -0.2) is 42.9 Å². The number of nitrogens with zero attached hydrogens (tertiary/aromatic N) is 1. The third kappa shape index (κ3) is 3.70. The lowest BCUT2D eigenvalue weighted by atomic mass is 9.87. The van der Waals surface area contributed by atoms with Crippen LogP contribution in [0.4, 0.5) is 0 Å². The molecule has 3 N–H and O–H groups in total. The number of hydrogen-bond acceptors (Lipinski definition) is 3. The van der Waals surface area contributed by atoms with Gasteiger partial charge in [0.1, 0.15) is 0 Å². The van der Waals surface area contributed by atoms with E-state index in [1.54, 1.807) is 0 Å². The van der Waals surface area contributed by atoms with Crippen molar-refractivity contribution in [1.82, 2.24) is 10.2 Å². The van der Waals surface area contributed by atoms with Gasteiger partial charge in [-0.2, -0.15) is 0 Å². The molecule has 0 aliphatic carbocycles. The van der Waals surface area contributed by atoms with Gasteiger partial charge in [-0.1, -0.05) is 6.92 Å². The largest absolute Gasteiger partial charge is 0.347 e. The second-order valence-electron chi connectivity index (χ2n) is 5.24. The fourth-order valence-corrected chi connectivity index (χ4v) is 2.02. The first kappa shape index (κ1) is 15.0. The van der Waals surface area contributed by atoms with E-state index in [0.29, 0.717) is 13.0 Å². The molecule has 0 saturated carbocycles. The van der Waals surface area contributed by atoms with E-state index in [2.05, 4.69) is 5.32 Å². The Labute approximate surface area is 109 Å². The highest BCUT2D eigenvalue weighted by Crippen LogP contribution is 2.18. The number of hydrogen-bond donors (Lipinski definition) is 2. The van der Waals surface area contributed by atoms with E-state index in [0.717, 1.165) is 25.9 Å². The van der Waals surface area contributed by atoms with Crippen LogP contribution in [0.25, 0.3) is 0 Å².